The first-order valence-electron chi connectivity index (χ1n) is 4.91. The molecule has 2 fully saturated rings. The van der Waals surface area contributed by atoms with E-state index in [0.29, 0.717) is 18.8 Å². The van der Waals surface area contributed by atoms with Gasteiger partial charge in [0.05, 0.1) is 0 Å². The van der Waals surface area contributed by atoms with Crippen molar-refractivity contribution in [2.75, 3.05) is 13.1 Å². The second-order valence-electron chi connectivity index (χ2n) is 4.79. The van der Waals surface area contributed by atoms with E-state index in [1.165, 1.54) is 0 Å². The molecule has 1 aliphatic carbocycles. The number of likely N-dealkylation sites (tertiary alicyclic amines) is 1. The second kappa shape index (κ2) is 2.69. The lowest BCUT2D eigenvalue weighted by Crippen LogP contribution is -2.29. The standard InChI is InChI=1S/C10H16FNO/c1-7(13)12-5-8-3-9(11)4-10(8,2)6-12/h8-9H,3-6H2,1-2H3/t8?,9-,10-/m0/s1. The van der Waals surface area contributed by atoms with Gasteiger partial charge in [-0.3, -0.25) is 4.79 Å². The molecule has 3 heteroatoms. The molecular weight excluding hydrogens is 169 g/mol. The maximum absolute atomic E-state index is 13.1. The summed E-state index contributed by atoms with van der Waals surface area (Å²) in [6.07, 6.45) is 0.658. The third-order valence-electron chi connectivity index (χ3n) is 3.65. The predicted molar refractivity (Wildman–Crippen MR) is 48.0 cm³/mol. The van der Waals surface area contributed by atoms with Crippen LogP contribution in [0.25, 0.3) is 0 Å². The Hall–Kier alpha value is -0.600. The minimum Gasteiger partial charge on any atom is -0.342 e. The lowest BCUT2D eigenvalue weighted by atomic mass is 9.83. The van der Waals surface area contributed by atoms with Gasteiger partial charge >= 0.3 is 0 Å². The van der Waals surface area contributed by atoms with E-state index in [-0.39, 0.29) is 11.3 Å². The van der Waals surface area contributed by atoms with Gasteiger partial charge in [0.25, 0.3) is 0 Å². The molecule has 3 atom stereocenters. The summed E-state index contributed by atoms with van der Waals surface area (Å²) < 4.78 is 13.1. The van der Waals surface area contributed by atoms with Gasteiger partial charge in [0.1, 0.15) is 6.17 Å². The Morgan fingerprint density at radius 3 is 2.85 bits per heavy atom. The molecule has 2 nitrogen and oxygen atoms in total. The topological polar surface area (TPSA) is 20.3 Å². The van der Waals surface area contributed by atoms with Gasteiger partial charge in [-0.2, -0.15) is 0 Å². The number of carbonyl (C=O) groups is 1. The molecule has 2 rings (SSSR count). The van der Waals surface area contributed by atoms with Crippen molar-refractivity contribution < 1.29 is 9.18 Å². The fourth-order valence-corrected chi connectivity index (χ4v) is 2.84. The van der Waals surface area contributed by atoms with Crippen LogP contribution >= 0.6 is 0 Å². The third kappa shape index (κ3) is 1.34. The van der Waals surface area contributed by atoms with Crippen molar-refractivity contribution in [1.29, 1.82) is 0 Å². The predicted octanol–water partition coefficient (Wildman–Crippen LogP) is 1.60. The molecule has 0 aromatic heterocycles. The summed E-state index contributed by atoms with van der Waals surface area (Å²) >= 11 is 0. The Labute approximate surface area is 78.1 Å². The number of carbonyl (C=O) groups excluding carboxylic acids is 1. The molecule has 1 amide bonds. The lowest BCUT2D eigenvalue weighted by molar-refractivity contribution is -0.128. The van der Waals surface area contributed by atoms with E-state index in [0.717, 1.165) is 13.1 Å². The number of halogens is 1. The maximum Gasteiger partial charge on any atom is 0.219 e. The summed E-state index contributed by atoms with van der Waals surface area (Å²) in [7, 11) is 0. The Balaban J connectivity index is 2.10. The summed E-state index contributed by atoms with van der Waals surface area (Å²) in [6.45, 7) is 5.23. The Morgan fingerprint density at radius 1 is 1.62 bits per heavy atom. The highest BCUT2D eigenvalue weighted by Gasteiger charge is 2.50. The second-order valence-corrected chi connectivity index (χ2v) is 4.79. The largest absolute Gasteiger partial charge is 0.342 e. The minimum absolute atomic E-state index is 0.0606. The molecule has 0 N–H and O–H groups in total. The number of alkyl halides is 1. The number of fused-ring (bicyclic) bond motifs is 1. The molecule has 74 valence electrons. The average Bonchev–Trinajstić information content (AvgIpc) is 2.38. The lowest BCUT2D eigenvalue weighted by Gasteiger charge is -2.22. The quantitative estimate of drug-likeness (QED) is 0.561. The van der Waals surface area contributed by atoms with E-state index in [1.54, 1.807) is 6.92 Å². The molecule has 0 spiro atoms. The number of hydrogen-bond acceptors (Lipinski definition) is 1. The number of rotatable bonds is 0. The van der Waals surface area contributed by atoms with Crippen LogP contribution in [-0.4, -0.2) is 30.1 Å². The fourth-order valence-electron chi connectivity index (χ4n) is 2.84. The zero-order chi connectivity index (χ0) is 9.64. The highest BCUT2D eigenvalue weighted by Crippen LogP contribution is 2.49. The highest BCUT2D eigenvalue weighted by atomic mass is 19.1. The van der Waals surface area contributed by atoms with Crippen LogP contribution < -0.4 is 0 Å². The summed E-state index contributed by atoms with van der Waals surface area (Å²) in [4.78, 5) is 13.0. The fraction of sp³-hybridized carbons (Fsp3) is 0.900. The van der Waals surface area contributed by atoms with Crippen LogP contribution in [0.2, 0.25) is 0 Å². The first-order chi connectivity index (χ1) is 6.01. The van der Waals surface area contributed by atoms with E-state index in [2.05, 4.69) is 6.92 Å². The zero-order valence-corrected chi connectivity index (χ0v) is 8.22. The van der Waals surface area contributed by atoms with Crippen LogP contribution in [0.3, 0.4) is 0 Å². The smallest absolute Gasteiger partial charge is 0.219 e. The molecule has 0 radical (unpaired) electrons. The molecule has 1 saturated carbocycles. The Morgan fingerprint density at radius 2 is 2.31 bits per heavy atom. The van der Waals surface area contributed by atoms with Crippen LogP contribution in [0.5, 0.6) is 0 Å². The molecule has 2 aliphatic rings. The average molecular weight is 185 g/mol. The zero-order valence-electron chi connectivity index (χ0n) is 8.22. The van der Waals surface area contributed by atoms with E-state index >= 15 is 0 Å². The molecule has 0 bridgehead atoms. The van der Waals surface area contributed by atoms with Crippen LogP contribution in [0.1, 0.15) is 26.7 Å². The Bertz CT molecular complexity index is 243. The number of nitrogens with zero attached hydrogens (tertiary/aromatic N) is 1. The maximum atomic E-state index is 13.1. The van der Waals surface area contributed by atoms with Crippen molar-refractivity contribution in [2.24, 2.45) is 11.3 Å². The summed E-state index contributed by atoms with van der Waals surface area (Å²) in [5, 5.41) is 0. The minimum atomic E-state index is -0.635. The van der Waals surface area contributed by atoms with Crippen LogP contribution in [0.4, 0.5) is 4.39 Å². The van der Waals surface area contributed by atoms with Gasteiger partial charge in [0, 0.05) is 20.0 Å². The van der Waals surface area contributed by atoms with Crippen LogP contribution in [0.15, 0.2) is 0 Å². The monoisotopic (exact) mass is 185 g/mol. The van der Waals surface area contributed by atoms with Crippen molar-refractivity contribution in [3.63, 3.8) is 0 Å². The van der Waals surface area contributed by atoms with Gasteiger partial charge in [-0.25, -0.2) is 4.39 Å². The number of hydrogen-bond donors (Lipinski definition) is 0. The summed E-state index contributed by atoms with van der Waals surface area (Å²) in [6, 6.07) is 0. The summed E-state index contributed by atoms with van der Waals surface area (Å²) in [5.41, 5.74) is 0.0606. The van der Waals surface area contributed by atoms with Crippen molar-refractivity contribution in [3.05, 3.63) is 0 Å². The Kier molecular flexibility index (Phi) is 1.86. The molecule has 1 aliphatic heterocycles. The first kappa shape index (κ1) is 8.97. The molecule has 0 aromatic carbocycles. The van der Waals surface area contributed by atoms with E-state index in [1.807, 2.05) is 4.90 Å². The third-order valence-corrected chi connectivity index (χ3v) is 3.65. The highest BCUT2D eigenvalue weighted by molar-refractivity contribution is 5.73. The van der Waals surface area contributed by atoms with Crippen molar-refractivity contribution in [1.82, 2.24) is 4.90 Å². The summed E-state index contributed by atoms with van der Waals surface area (Å²) in [5.74, 6) is 0.525. The van der Waals surface area contributed by atoms with Crippen molar-refractivity contribution >= 4 is 5.91 Å². The number of amides is 1. The molecule has 1 unspecified atom stereocenters. The normalized spacial score (nSPS) is 43.8. The van der Waals surface area contributed by atoms with Crippen molar-refractivity contribution in [2.45, 2.75) is 32.9 Å². The van der Waals surface area contributed by atoms with Gasteiger partial charge in [-0.05, 0) is 24.2 Å². The van der Waals surface area contributed by atoms with Gasteiger partial charge in [-0.15, -0.1) is 0 Å². The molecule has 0 aromatic rings. The first-order valence-corrected chi connectivity index (χ1v) is 4.91. The van der Waals surface area contributed by atoms with Gasteiger partial charge in [0.2, 0.25) is 5.91 Å². The molecule has 1 heterocycles. The van der Waals surface area contributed by atoms with Gasteiger partial charge < -0.3 is 4.90 Å². The van der Waals surface area contributed by atoms with Crippen LogP contribution in [0, 0.1) is 11.3 Å². The van der Waals surface area contributed by atoms with Gasteiger partial charge in [0.15, 0.2) is 0 Å². The van der Waals surface area contributed by atoms with E-state index in [9.17, 15) is 9.18 Å². The molecule has 1 saturated heterocycles. The molecule has 13 heavy (non-hydrogen) atoms. The van der Waals surface area contributed by atoms with Crippen molar-refractivity contribution in [3.8, 4) is 0 Å². The molecular formula is C10H16FNO. The van der Waals surface area contributed by atoms with Crippen LogP contribution in [-0.2, 0) is 4.79 Å². The van der Waals surface area contributed by atoms with E-state index in [4.69, 9.17) is 0 Å². The van der Waals surface area contributed by atoms with Gasteiger partial charge in [-0.1, -0.05) is 6.92 Å². The SMILES string of the molecule is CC(=O)N1CC2C[C@H](F)C[C@@]2(C)C1. The van der Waals surface area contributed by atoms with E-state index < -0.39 is 6.17 Å².